The van der Waals surface area contributed by atoms with Crippen LogP contribution >= 0.6 is 0 Å². The van der Waals surface area contributed by atoms with Gasteiger partial charge in [-0.3, -0.25) is 14.4 Å². The Morgan fingerprint density at radius 3 is 0.905 bits per heavy atom. The summed E-state index contributed by atoms with van der Waals surface area (Å²) in [4.78, 5) is 38.1. The van der Waals surface area contributed by atoms with Crippen LogP contribution in [0.15, 0.2) is 0 Å². The van der Waals surface area contributed by atoms with Gasteiger partial charge in [-0.05, 0) is 31.1 Å². The highest BCUT2D eigenvalue weighted by molar-refractivity contribution is 5.71. The summed E-state index contributed by atoms with van der Waals surface area (Å²) in [5, 5.41) is 0. The average Bonchev–Trinajstić information content (AvgIpc) is 3.27. The van der Waals surface area contributed by atoms with Crippen molar-refractivity contribution in [2.45, 2.75) is 323 Å². The Morgan fingerprint density at radius 2 is 0.603 bits per heavy atom. The number of unbranched alkanes of at least 4 members (excludes halogenated alkanes) is 35. The Kier molecular flexibility index (Phi) is 48.6. The number of carbonyl (C=O) groups excluding carboxylic acids is 3. The largest absolute Gasteiger partial charge is 0.462 e. The lowest BCUT2D eigenvalue weighted by Crippen LogP contribution is -2.30. The predicted octanol–water partition coefficient (Wildman–Crippen LogP) is 18.5. The van der Waals surface area contributed by atoms with Crippen LogP contribution < -0.4 is 0 Å². The molecule has 0 spiro atoms. The first-order valence-corrected chi connectivity index (χ1v) is 28.3. The van der Waals surface area contributed by atoms with E-state index in [1.807, 2.05) is 0 Å². The zero-order valence-electron chi connectivity index (χ0n) is 43.2. The van der Waals surface area contributed by atoms with Crippen molar-refractivity contribution in [2.75, 3.05) is 13.2 Å². The molecule has 63 heavy (non-hydrogen) atoms. The van der Waals surface area contributed by atoms with Crippen LogP contribution in [0.3, 0.4) is 0 Å². The first kappa shape index (κ1) is 61.4. The van der Waals surface area contributed by atoms with E-state index in [0.29, 0.717) is 19.3 Å². The van der Waals surface area contributed by atoms with Crippen LogP contribution in [0, 0.1) is 11.8 Å². The molecule has 0 bridgehead atoms. The quantitative estimate of drug-likeness (QED) is 0.0344. The van der Waals surface area contributed by atoms with Gasteiger partial charge in [-0.1, -0.05) is 279 Å². The standard InChI is InChI=1S/C57H110O6/c1-6-8-9-10-11-12-13-14-15-16-17-20-23-26-32-37-42-47-55(58)61-50-54(51-62-56(59)48-43-38-33-29-28-31-36-41-46-53(5)7-2)63-57(60)49-44-39-34-27-24-21-18-19-22-25-30-35-40-45-52(3)4/h52-54H,6-51H2,1-5H3/t53?,54-/m1/s1. The van der Waals surface area contributed by atoms with Crippen LogP contribution in [0.2, 0.25) is 0 Å². The average molecular weight is 892 g/mol. The number of carbonyl (C=O) groups is 3. The van der Waals surface area contributed by atoms with Gasteiger partial charge in [0, 0.05) is 19.3 Å². The summed E-state index contributed by atoms with van der Waals surface area (Å²) in [5.41, 5.74) is 0. The smallest absolute Gasteiger partial charge is 0.306 e. The Balaban J connectivity index is 4.29. The predicted molar refractivity (Wildman–Crippen MR) is 270 cm³/mol. The van der Waals surface area contributed by atoms with Gasteiger partial charge in [-0.2, -0.15) is 0 Å². The summed E-state index contributed by atoms with van der Waals surface area (Å²) < 4.78 is 16.9. The molecule has 0 saturated heterocycles. The lowest BCUT2D eigenvalue weighted by Gasteiger charge is -2.18. The summed E-state index contributed by atoms with van der Waals surface area (Å²) in [6.45, 7) is 11.4. The highest BCUT2D eigenvalue weighted by Crippen LogP contribution is 2.18. The van der Waals surface area contributed by atoms with Gasteiger partial charge in [0.2, 0.25) is 0 Å². The van der Waals surface area contributed by atoms with E-state index in [1.165, 1.54) is 205 Å². The second kappa shape index (κ2) is 49.8. The van der Waals surface area contributed by atoms with Gasteiger partial charge in [0.1, 0.15) is 13.2 Å². The maximum atomic E-state index is 12.8. The van der Waals surface area contributed by atoms with E-state index in [0.717, 1.165) is 69.6 Å². The fourth-order valence-corrected chi connectivity index (χ4v) is 8.66. The molecule has 0 rings (SSSR count). The molecule has 0 aromatic heterocycles. The van der Waals surface area contributed by atoms with E-state index < -0.39 is 6.10 Å². The molecule has 0 heterocycles. The van der Waals surface area contributed by atoms with Crippen molar-refractivity contribution in [3.63, 3.8) is 0 Å². The Labute approximate surface area is 393 Å². The third-order valence-electron chi connectivity index (χ3n) is 13.3. The molecule has 0 aliphatic rings. The Hall–Kier alpha value is -1.59. The lowest BCUT2D eigenvalue weighted by molar-refractivity contribution is -0.167. The van der Waals surface area contributed by atoms with Crippen molar-refractivity contribution in [3.05, 3.63) is 0 Å². The maximum absolute atomic E-state index is 12.8. The summed E-state index contributed by atoms with van der Waals surface area (Å²) >= 11 is 0. The molecule has 0 fully saturated rings. The number of rotatable bonds is 51. The minimum absolute atomic E-state index is 0.0632. The zero-order valence-corrected chi connectivity index (χ0v) is 43.2. The van der Waals surface area contributed by atoms with Crippen LogP contribution in [0.25, 0.3) is 0 Å². The number of hydrogen-bond donors (Lipinski definition) is 0. The molecule has 0 saturated carbocycles. The van der Waals surface area contributed by atoms with Crippen LogP contribution in [0.5, 0.6) is 0 Å². The third kappa shape index (κ3) is 49.7. The fourth-order valence-electron chi connectivity index (χ4n) is 8.66. The SMILES string of the molecule is CCCCCCCCCCCCCCCCCCCC(=O)OC[C@H](COC(=O)CCCCCCCCCCC(C)CC)OC(=O)CCCCCCCCCCCCCCCC(C)C. The zero-order chi connectivity index (χ0) is 46.1. The van der Waals surface area contributed by atoms with E-state index in [-0.39, 0.29) is 31.1 Å². The molecule has 0 aliphatic carbocycles. The second-order valence-electron chi connectivity index (χ2n) is 20.3. The molecule has 2 atom stereocenters. The van der Waals surface area contributed by atoms with Crippen LogP contribution in [-0.2, 0) is 28.6 Å². The lowest BCUT2D eigenvalue weighted by atomic mass is 9.99. The van der Waals surface area contributed by atoms with Gasteiger partial charge in [0.05, 0.1) is 0 Å². The molecule has 6 heteroatoms. The minimum atomic E-state index is -0.763. The minimum Gasteiger partial charge on any atom is -0.462 e. The summed E-state index contributed by atoms with van der Waals surface area (Å²) in [5.74, 6) is 0.843. The first-order valence-electron chi connectivity index (χ1n) is 28.3. The summed E-state index contributed by atoms with van der Waals surface area (Å²) in [7, 11) is 0. The maximum Gasteiger partial charge on any atom is 0.306 e. The van der Waals surface area contributed by atoms with Crippen molar-refractivity contribution in [1.29, 1.82) is 0 Å². The van der Waals surface area contributed by atoms with E-state index in [2.05, 4.69) is 34.6 Å². The number of ether oxygens (including phenoxy) is 3. The molecule has 0 aliphatic heterocycles. The molecule has 0 N–H and O–H groups in total. The molecule has 0 aromatic rings. The molecular formula is C57H110O6. The van der Waals surface area contributed by atoms with Crippen molar-refractivity contribution >= 4 is 17.9 Å². The number of hydrogen-bond acceptors (Lipinski definition) is 6. The van der Waals surface area contributed by atoms with Crippen LogP contribution in [-0.4, -0.2) is 37.2 Å². The van der Waals surface area contributed by atoms with Gasteiger partial charge in [-0.15, -0.1) is 0 Å². The van der Waals surface area contributed by atoms with E-state index in [4.69, 9.17) is 14.2 Å². The Bertz CT molecular complexity index is 964. The monoisotopic (exact) mass is 891 g/mol. The van der Waals surface area contributed by atoms with Gasteiger partial charge in [0.25, 0.3) is 0 Å². The summed E-state index contributed by atoms with van der Waals surface area (Å²) in [6.07, 6.45) is 52.3. The van der Waals surface area contributed by atoms with Gasteiger partial charge >= 0.3 is 17.9 Å². The van der Waals surface area contributed by atoms with Crippen molar-refractivity contribution < 1.29 is 28.6 Å². The molecule has 0 aromatic carbocycles. The van der Waals surface area contributed by atoms with Crippen molar-refractivity contribution in [2.24, 2.45) is 11.8 Å². The van der Waals surface area contributed by atoms with Gasteiger partial charge in [0.15, 0.2) is 6.10 Å². The van der Waals surface area contributed by atoms with Gasteiger partial charge in [-0.25, -0.2) is 0 Å². The Morgan fingerprint density at radius 1 is 0.333 bits per heavy atom. The topological polar surface area (TPSA) is 78.9 Å². The first-order chi connectivity index (χ1) is 30.8. The summed E-state index contributed by atoms with van der Waals surface area (Å²) in [6, 6.07) is 0. The molecule has 6 nitrogen and oxygen atoms in total. The molecular weight excluding hydrogens is 781 g/mol. The highest BCUT2D eigenvalue weighted by Gasteiger charge is 2.19. The fraction of sp³-hybridized carbons (Fsp3) is 0.947. The molecule has 0 amide bonds. The molecule has 1 unspecified atom stereocenters. The highest BCUT2D eigenvalue weighted by atomic mass is 16.6. The van der Waals surface area contributed by atoms with E-state index >= 15 is 0 Å². The van der Waals surface area contributed by atoms with Crippen molar-refractivity contribution in [3.8, 4) is 0 Å². The number of esters is 3. The normalized spacial score (nSPS) is 12.5. The van der Waals surface area contributed by atoms with E-state index in [9.17, 15) is 14.4 Å². The molecule has 0 radical (unpaired) electrons. The van der Waals surface area contributed by atoms with Crippen LogP contribution in [0.4, 0.5) is 0 Å². The second-order valence-corrected chi connectivity index (χ2v) is 20.3. The van der Waals surface area contributed by atoms with E-state index in [1.54, 1.807) is 0 Å². The molecule has 374 valence electrons. The van der Waals surface area contributed by atoms with Crippen molar-refractivity contribution in [1.82, 2.24) is 0 Å². The van der Waals surface area contributed by atoms with Crippen LogP contribution in [0.1, 0.15) is 317 Å². The van der Waals surface area contributed by atoms with Gasteiger partial charge < -0.3 is 14.2 Å². The third-order valence-corrected chi connectivity index (χ3v) is 13.3.